The smallest absolute Gasteiger partial charge is 0.256 e. The van der Waals surface area contributed by atoms with Crippen molar-refractivity contribution >= 4 is 46.4 Å². The number of anilines is 1. The number of para-hydroxylation sites is 1. The molecule has 0 aliphatic carbocycles. The van der Waals surface area contributed by atoms with Crippen molar-refractivity contribution in [1.82, 2.24) is 5.32 Å². The summed E-state index contributed by atoms with van der Waals surface area (Å²) in [5, 5.41) is 12.7. The van der Waals surface area contributed by atoms with E-state index >= 15 is 0 Å². The predicted molar refractivity (Wildman–Crippen MR) is 95.2 cm³/mol. The minimum Gasteiger partial charge on any atom is -0.505 e. The summed E-state index contributed by atoms with van der Waals surface area (Å²) in [6, 6.07) is 11.1. The standard InChI is InChI=1S/C16H15Cl3N2O2/c1-21(10-5-3-2-4-6-10)8-7-20-16(23)13-14(19)11(17)9-12(18)15(13)22/h2-6,9,22H,7-8H2,1H3,(H,20,23). The number of rotatable bonds is 5. The van der Waals surface area contributed by atoms with Crippen LogP contribution >= 0.6 is 34.8 Å². The lowest BCUT2D eigenvalue weighted by Gasteiger charge is -2.19. The van der Waals surface area contributed by atoms with Gasteiger partial charge in [-0.15, -0.1) is 0 Å². The monoisotopic (exact) mass is 372 g/mol. The Morgan fingerprint density at radius 3 is 2.48 bits per heavy atom. The van der Waals surface area contributed by atoms with E-state index in [1.807, 2.05) is 42.3 Å². The van der Waals surface area contributed by atoms with Crippen molar-refractivity contribution < 1.29 is 9.90 Å². The third-order valence-corrected chi connectivity index (χ3v) is 4.38. The Balaban J connectivity index is 2.01. The molecule has 4 nitrogen and oxygen atoms in total. The topological polar surface area (TPSA) is 52.6 Å². The molecular weight excluding hydrogens is 359 g/mol. The van der Waals surface area contributed by atoms with Gasteiger partial charge in [-0.25, -0.2) is 0 Å². The second-order valence-corrected chi connectivity index (χ2v) is 6.08. The van der Waals surface area contributed by atoms with E-state index in [1.54, 1.807) is 0 Å². The number of phenols is 1. The molecule has 0 aliphatic heterocycles. The maximum atomic E-state index is 12.2. The number of likely N-dealkylation sites (N-methyl/N-ethyl adjacent to an activating group) is 1. The number of hydrogen-bond acceptors (Lipinski definition) is 3. The van der Waals surface area contributed by atoms with Gasteiger partial charge in [-0.2, -0.15) is 0 Å². The van der Waals surface area contributed by atoms with Gasteiger partial charge in [-0.05, 0) is 18.2 Å². The summed E-state index contributed by atoms with van der Waals surface area (Å²) in [6.45, 7) is 0.951. The Kier molecular flexibility index (Phi) is 5.99. The van der Waals surface area contributed by atoms with E-state index in [-0.39, 0.29) is 26.4 Å². The maximum absolute atomic E-state index is 12.2. The zero-order chi connectivity index (χ0) is 17.0. The van der Waals surface area contributed by atoms with Gasteiger partial charge in [0.05, 0.1) is 15.1 Å². The van der Waals surface area contributed by atoms with Crippen LogP contribution in [0.1, 0.15) is 10.4 Å². The summed E-state index contributed by atoms with van der Waals surface area (Å²) < 4.78 is 0. The number of aromatic hydroxyl groups is 1. The molecule has 0 aromatic heterocycles. The number of halogens is 3. The molecule has 0 saturated heterocycles. The van der Waals surface area contributed by atoms with Gasteiger partial charge in [-0.3, -0.25) is 4.79 Å². The normalized spacial score (nSPS) is 10.4. The number of nitrogens with one attached hydrogen (secondary N) is 1. The fraction of sp³-hybridized carbons (Fsp3) is 0.188. The van der Waals surface area contributed by atoms with E-state index in [9.17, 15) is 9.90 Å². The summed E-state index contributed by atoms with van der Waals surface area (Å²) in [6.07, 6.45) is 0. The third kappa shape index (κ3) is 4.22. The molecule has 7 heteroatoms. The second-order valence-electron chi connectivity index (χ2n) is 4.89. The zero-order valence-corrected chi connectivity index (χ0v) is 14.6. The summed E-state index contributed by atoms with van der Waals surface area (Å²) >= 11 is 17.7. The number of carbonyl (C=O) groups excluding carboxylic acids is 1. The summed E-state index contributed by atoms with van der Waals surface area (Å²) in [7, 11) is 1.92. The van der Waals surface area contributed by atoms with E-state index in [4.69, 9.17) is 34.8 Å². The molecule has 2 aromatic rings. The molecule has 0 aliphatic rings. The average Bonchev–Trinajstić information content (AvgIpc) is 2.54. The van der Waals surface area contributed by atoms with Gasteiger partial charge in [-0.1, -0.05) is 53.0 Å². The molecule has 0 atom stereocenters. The molecule has 0 spiro atoms. The van der Waals surface area contributed by atoms with Gasteiger partial charge in [0.1, 0.15) is 11.3 Å². The van der Waals surface area contributed by atoms with E-state index in [0.717, 1.165) is 5.69 Å². The molecule has 0 heterocycles. The SMILES string of the molecule is CN(CCNC(=O)c1c(O)c(Cl)cc(Cl)c1Cl)c1ccccc1. The van der Waals surface area contributed by atoms with Gasteiger partial charge in [0.25, 0.3) is 5.91 Å². The molecule has 2 rings (SSSR count). The molecular formula is C16H15Cl3N2O2. The van der Waals surface area contributed by atoms with Crippen LogP contribution in [-0.4, -0.2) is 31.2 Å². The first kappa shape index (κ1) is 17.7. The van der Waals surface area contributed by atoms with Crippen LogP contribution in [0.2, 0.25) is 15.1 Å². The van der Waals surface area contributed by atoms with Gasteiger partial charge in [0.15, 0.2) is 0 Å². The first-order valence-corrected chi connectivity index (χ1v) is 7.96. The average molecular weight is 374 g/mol. The highest BCUT2D eigenvalue weighted by molar-refractivity contribution is 6.45. The van der Waals surface area contributed by atoms with Crippen molar-refractivity contribution in [1.29, 1.82) is 0 Å². The number of amides is 1. The largest absolute Gasteiger partial charge is 0.505 e. The zero-order valence-electron chi connectivity index (χ0n) is 12.3. The minimum atomic E-state index is -0.529. The lowest BCUT2D eigenvalue weighted by Crippen LogP contribution is -2.33. The van der Waals surface area contributed by atoms with Crippen molar-refractivity contribution in [3.63, 3.8) is 0 Å². The Morgan fingerprint density at radius 2 is 1.83 bits per heavy atom. The molecule has 1 amide bonds. The molecule has 2 N–H and O–H groups in total. The van der Waals surface area contributed by atoms with Crippen LogP contribution in [0.15, 0.2) is 36.4 Å². The first-order chi connectivity index (χ1) is 10.9. The third-order valence-electron chi connectivity index (χ3n) is 3.30. The molecule has 0 unspecified atom stereocenters. The maximum Gasteiger partial charge on any atom is 0.256 e. The molecule has 122 valence electrons. The minimum absolute atomic E-state index is 0.0223. The van der Waals surface area contributed by atoms with Gasteiger partial charge >= 0.3 is 0 Å². The highest BCUT2D eigenvalue weighted by Gasteiger charge is 2.20. The summed E-state index contributed by atoms with van der Waals surface area (Å²) in [4.78, 5) is 14.2. The summed E-state index contributed by atoms with van der Waals surface area (Å²) in [5.41, 5.74) is 0.917. The van der Waals surface area contributed by atoms with Crippen LogP contribution in [0, 0.1) is 0 Å². The van der Waals surface area contributed by atoms with Crippen molar-refractivity contribution in [2.24, 2.45) is 0 Å². The fourth-order valence-electron chi connectivity index (χ4n) is 2.03. The Morgan fingerprint density at radius 1 is 1.17 bits per heavy atom. The van der Waals surface area contributed by atoms with Gasteiger partial charge < -0.3 is 15.3 Å². The number of phenolic OH excluding ortho intramolecular Hbond substituents is 1. The molecule has 23 heavy (non-hydrogen) atoms. The number of carbonyl (C=O) groups is 1. The van der Waals surface area contributed by atoms with Crippen LogP contribution in [-0.2, 0) is 0 Å². The van der Waals surface area contributed by atoms with E-state index in [0.29, 0.717) is 13.1 Å². The second kappa shape index (κ2) is 7.77. The van der Waals surface area contributed by atoms with Gasteiger partial charge in [0.2, 0.25) is 0 Å². The van der Waals surface area contributed by atoms with Crippen molar-refractivity contribution in [2.45, 2.75) is 0 Å². The Hall–Kier alpha value is -1.62. The van der Waals surface area contributed by atoms with Crippen molar-refractivity contribution in [2.75, 3.05) is 25.0 Å². The lowest BCUT2D eigenvalue weighted by molar-refractivity contribution is 0.0952. The number of hydrogen-bond donors (Lipinski definition) is 2. The predicted octanol–water partition coefficient (Wildman–Crippen LogP) is 4.22. The fourth-order valence-corrected chi connectivity index (χ4v) is 2.72. The highest BCUT2D eigenvalue weighted by atomic mass is 35.5. The Labute approximate surface area is 149 Å². The lowest BCUT2D eigenvalue weighted by atomic mass is 10.2. The van der Waals surface area contributed by atoms with Crippen LogP contribution in [0.25, 0.3) is 0 Å². The van der Waals surface area contributed by atoms with Crippen LogP contribution in [0.3, 0.4) is 0 Å². The van der Waals surface area contributed by atoms with Crippen molar-refractivity contribution in [3.05, 3.63) is 57.0 Å². The number of nitrogens with zero attached hydrogens (tertiary/aromatic N) is 1. The quantitative estimate of drug-likeness (QED) is 0.772. The molecule has 0 fully saturated rings. The molecule has 0 bridgehead atoms. The van der Waals surface area contributed by atoms with Crippen LogP contribution in [0.4, 0.5) is 5.69 Å². The van der Waals surface area contributed by atoms with Crippen LogP contribution < -0.4 is 10.2 Å². The first-order valence-electron chi connectivity index (χ1n) is 6.82. The highest BCUT2D eigenvalue weighted by Crippen LogP contribution is 2.38. The number of benzene rings is 2. The van der Waals surface area contributed by atoms with E-state index in [1.165, 1.54) is 6.07 Å². The van der Waals surface area contributed by atoms with Gasteiger partial charge in [0, 0.05) is 25.8 Å². The molecule has 0 radical (unpaired) electrons. The Bertz CT molecular complexity index is 682. The van der Waals surface area contributed by atoms with Crippen molar-refractivity contribution in [3.8, 4) is 5.75 Å². The molecule has 0 saturated carbocycles. The van der Waals surface area contributed by atoms with E-state index < -0.39 is 5.91 Å². The van der Waals surface area contributed by atoms with E-state index in [2.05, 4.69) is 5.32 Å². The molecule has 2 aromatic carbocycles. The van der Waals surface area contributed by atoms with Crippen LogP contribution in [0.5, 0.6) is 5.75 Å². The summed E-state index contributed by atoms with van der Waals surface area (Å²) in [5.74, 6) is -0.909.